The Kier molecular flexibility index (Phi) is 4.93. The molecule has 6 nitrogen and oxygen atoms in total. The van der Waals surface area contributed by atoms with Crippen LogP contribution >= 0.6 is 0 Å². The molecule has 1 aromatic carbocycles. The van der Waals surface area contributed by atoms with E-state index < -0.39 is 0 Å². The van der Waals surface area contributed by atoms with Crippen LogP contribution in [0.15, 0.2) is 41.2 Å². The van der Waals surface area contributed by atoms with Gasteiger partial charge in [-0.05, 0) is 32.0 Å². The Morgan fingerprint density at radius 2 is 1.77 bits per heavy atom. The highest BCUT2D eigenvalue weighted by atomic mass is 16.2. The molecular weight excluding hydrogens is 280 g/mol. The largest absolute Gasteiger partial charge is 0.325 e. The molecule has 2 aromatic rings. The van der Waals surface area contributed by atoms with Gasteiger partial charge >= 0.3 is 6.03 Å². The fourth-order valence-electron chi connectivity index (χ4n) is 2.09. The number of nitrogens with one attached hydrogen (secondary N) is 1. The third kappa shape index (κ3) is 3.52. The van der Waals surface area contributed by atoms with E-state index in [1.54, 1.807) is 18.0 Å². The molecule has 22 heavy (non-hydrogen) atoms. The third-order valence-electron chi connectivity index (χ3n) is 3.44. The lowest BCUT2D eigenvalue weighted by Gasteiger charge is -2.19. The van der Waals surface area contributed by atoms with Gasteiger partial charge in [-0.15, -0.1) is 0 Å². The summed E-state index contributed by atoms with van der Waals surface area (Å²) in [5.41, 5.74) is 2.18. The van der Waals surface area contributed by atoms with E-state index in [0.29, 0.717) is 18.8 Å². The number of carbonyl (C=O) groups is 1. The maximum Gasteiger partial charge on any atom is 0.321 e. The first kappa shape index (κ1) is 15.8. The second-order valence-electron chi connectivity index (χ2n) is 4.86. The van der Waals surface area contributed by atoms with E-state index in [4.69, 9.17) is 0 Å². The average molecular weight is 300 g/mol. The van der Waals surface area contributed by atoms with Gasteiger partial charge in [0.05, 0.1) is 5.69 Å². The lowest BCUT2D eigenvalue weighted by atomic mass is 10.1. The van der Waals surface area contributed by atoms with E-state index in [-0.39, 0.29) is 11.6 Å². The molecule has 1 N–H and O–H groups in total. The molecule has 0 saturated heterocycles. The van der Waals surface area contributed by atoms with Crippen LogP contribution in [0.3, 0.4) is 0 Å². The Balaban J connectivity index is 2.15. The number of aryl methyl sites for hydroxylation is 1. The summed E-state index contributed by atoms with van der Waals surface area (Å²) in [6.45, 7) is 5.22. The van der Waals surface area contributed by atoms with Gasteiger partial charge in [0.2, 0.25) is 0 Å². The van der Waals surface area contributed by atoms with Gasteiger partial charge in [0.25, 0.3) is 5.56 Å². The van der Waals surface area contributed by atoms with Crippen LogP contribution in [0.5, 0.6) is 0 Å². The van der Waals surface area contributed by atoms with Gasteiger partial charge in [-0.1, -0.05) is 12.1 Å². The molecule has 2 amide bonds. The van der Waals surface area contributed by atoms with Crippen LogP contribution in [0.1, 0.15) is 13.8 Å². The van der Waals surface area contributed by atoms with Gasteiger partial charge in [-0.2, -0.15) is 5.10 Å². The smallest absolute Gasteiger partial charge is 0.321 e. The van der Waals surface area contributed by atoms with Crippen LogP contribution in [0, 0.1) is 0 Å². The highest BCUT2D eigenvalue weighted by Crippen LogP contribution is 2.18. The number of aromatic nitrogens is 2. The van der Waals surface area contributed by atoms with Crippen molar-refractivity contribution >= 4 is 11.7 Å². The maximum absolute atomic E-state index is 12.0. The van der Waals surface area contributed by atoms with Crippen LogP contribution in [0.2, 0.25) is 0 Å². The summed E-state index contributed by atoms with van der Waals surface area (Å²) < 4.78 is 1.30. The van der Waals surface area contributed by atoms with Crippen molar-refractivity contribution in [3.05, 3.63) is 46.8 Å². The first-order valence-corrected chi connectivity index (χ1v) is 7.26. The molecule has 0 spiro atoms. The van der Waals surface area contributed by atoms with Crippen LogP contribution in [0.4, 0.5) is 10.5 Å². The molecule has 1 aromatic heterocycles. The number of anilines is 1. The summed E-state index contributed by atoms with van der Waals surface area (Å²) in [5.74, 6) is 0. The average Bonchev–Trinajstić information content (AvgIpc) is 2.52. The monoisotopic (exact) mass is 300 g/mol. The van der Waals surface area contributed by atoms with E-state index in [1.807, 2.05) is 38.1 Å². The van der Waals surface area contributed by atoms with Crippen molar-refractivity contribution in [2.45, 2.75) is 13.8 Å². The summed E-state index contributed by atoms with van der Waals surface area (Å²) >= 11 is 0. The van der Waals surface area contributed by atoms with Gasteiger partial charge in [-0.25, -0.2) is 9.48 Å². The zero-order chi connectivity index (χ0) is 16.1. The van der Waals surface area contributed by atoms with Gasteiger partial charge < -0.3 is 10.2 Å². The molecule has 6 heteroatoms. The molecule has 116 valence electrons. The molecule has 0 atom stereocenters. The maximum atomic E-state index is 12.0. The van der Waals surface area contributed by atoms with Gasteiger partial charge in [-0.3, -0.25) is 4.79 Å². The fourth-order valence-corrected chi connectivity index (χ4v) is 2.09. The van der Waals surface area contributed by atoms with Crippen LogP contribution in [-0.2, 0) is 7.05 Å². The molecule has 0 saturated carbocycles. The minimum absolute atomic E-state index is 0.113. The zero-order valence-corrected chi connectivity index (χ0v) is 13.0. The van der Waals surface area contributed by atoms with Crippen molar-refractivity contribution in [2.75, 3.05) is 18.4 Å². The predicted molar refractivity (Wildman–Crippen MR) is 86.9 cm³/mol. The van der Waals surface area contributed by atoms with Crippen molar-refractivity contribution in [1.82, 2.24) is 14.7 Å². The molecule has 1 heterocycles. The van der Waals surface area contributed by atoms with E-state index in [2.05, 4.69) is 10.4 Å². The second-order valence-corrected chi connectivity index (χ2v) is 4.86. The molecule has 0 radical (unpaired) electrons. The van der Waals surface area contributed by atoms with Crippen molar-refractivity contribution in [2.24, 2.45) is 7.05 Å². The first-order chi connectivity index (χ1) is 10.5. The number of amides is 2. The van der Waals surface area contributed by atoms with E-state index >= 15 is 0 Å². The quantitative estimate of drug-likeness (QED) is 0.942. The van der Waals surface area contributed by atoms with Gasteiger partial charge in [0, 0.05) is 37.5 Å². The molecular formula is C16H20N4O2. The Hall–Kier alpha value is -2.63. The topological polar surface area (TPSA) is 67.2 Å². The highest BCUT2D eigenvalue weighted by molar-refractivity contribution is 5.89. The van der Waals surface area contributed by atoms with E-state index in [1.165, 1.54) is 10.7 Å². The Morgan fingerprint density at radius 1 is 1.14 bits per heavy atom. The minimum Gasteiger partial charge on any atom is -0.325 e. The molecule has 2 rings (SSSR count). The SMILES string of the molecule is CCN(CC)C(=O)Nc1ccc(-c2ccc(=O)n(C)n2)cc1. The first-order valence-electron chi connectivity index (χ1n) is 7.26. The van der Waals surface area contributed by atoms with Crippen molar-refractivity contribution < 1.29 is 4.79 Å². The minimum atomic E-state index is -0.146. The van der Waals surface area contributed by atoms with Crippen molar-refractivity contribution in [3.8, 4) is 11.3 Å². The lowest BCUT2D eigenvalue weighted by molar-refractivity contribution is 0.217. The third-order valence-corrected chi connectivity index (χ3v) is 3.44. The summed E-state index contributed by atoms with van der Waals surface area (Å²) in [7, 11) is 1.62. The normalized spacial score (nSPS) is 10.3. The van der Waals surface area contributed by atoms with Crippen LogP contribution in [0.25, 0.3) is 11.3 Å². The Bertz CT molecular complexity index is 703. The summed E-state index contributed by atoms with van der Waals surface area (Å²) in [6.07, 6.45) is 0. The Labute approximate surface area is 129 Å². The molecule has 0 fully saturated rings. The molecule has 0 aliphatic rings. The summed E-state index contributed by atoms with van der Waals surface area (Å²) in [4.78, 5) is 25.0. The van der Waals surface area contributed by atoms with Crippen LogP contribution in [-0.4, -0.2) is 33.8 Å². The number of hydrogen-bond acceptors (Lipinski definition) is 3. The fraction of sp³-hybridized carbons (Fsp3) is 0.312. The number of benzene rings is 1. The standard InChI is InChI=1S/C16H20N4O2/c1-4-20(5-2)16(22)17-13-8-6-12(7-9-13)14-10-11-15(21)19(3)18-14/h6-11H,4-5H2,1-3H3,(H,17,22). The van der Waals surface area contributed by atoms with Gasteiger partial charge in [0.1, 0.15) is 0 Å². The van der Waals surface area contributed by atoms with E-state index in [9.17, 15) is 9.59 Å². The zero-order valence-electron chi connectivity index (χ0n) is 13.0. The lowest BCUT2D eigenvalue weighted by Crippen LogP contribution is -2.34. The molecule has 0 aliphatic heterocycles. The number of urea groups is 1. The number of hydrogen-bond donors (Lipinski definition) is 1. The number of nitrogens with zero attached hydrogens (tertiary/aromatic N) is 3. The van der Waals surface area contributed by atoms with Crippen molar-refractivity contribution in [3.63, 3.8) is 0 Å². The highest BCUT2D eigenvalue weighted by Gasteiger charge is 2.09. The number of carbonyl (C=O) groups excluding carboxylic acids is 1. The predicted octanol–water partition coefficient (Wildman–Crippen LogP) is 2.32. The van der Waals surface area contributed by atoms with Crippen molar-refractivity contribution in [1.29, 1.82) is 0 Å². The molecule has 0 unspecified atom stereocenters. The second kappa shape index (κ2) is 6.89. The summed E-state index contributed by atoms with van der Waals surface area (Å²) in [6, 6.07) is 10.4. The Morgan fingerprint density at radius 3 is 2.32 bits per heavy atom. The number of rotatable bonds is 4. The van der Waals surface area contributed by atoms with Gasteiger partial charge in [0.15, 0.2) is 0 Å². The molecule has 0 aliphatic carbocycles. The van der Waals surface area contributed by atoms with Crippen LogP contribution < -0.4 is 10.9 Å². The molecule has 0 bridgehead atoms. The van der Waals surface area contributed by atoms with E-state index in [0.717, 1.165) is 11.3 Å². The summed E-state index contributed by atoms with van der Waals surface area (Å²) in [5, 5.41) is 7.05.